The highest BCUT2D eigenvalue weighted by atomic mass is 35.5. The molecule has 1 heterocycles. The lowest BCUT2D eigenvalue weighted by atomic mass is 9.77. The Morgan fingerprint density at radius 2 is 1.56 bits per heavy atom. The van der Waals surface area contributed by atoms with Crippen molar-refractivity contribution < 1.29 is 14.0 Å². The van der Waals surface area contributed by atoms with E-state index in [0.29, 0.717) is 30.2 Å². The number of hydrogen-bond donors (Lipinski definition) is 1. The van der Waals surface area contributed by atoms with Gasteiger partial charge in [0.2, 0.25) is 5.91 Å². The Bertz CT molecular complexity index is 935. The van der Waals surface area contributed by atoms with E-state index < -0.39 is 5.41 Å². The number of rotatable bonds is 6. The van der Waals surface area contributed by atoms with Gasteiger partial charge in [-0.1, -0.05) is 36.6 Å². The highest BCUT2D eigenvalue weighted by molar-refractivity contribution is 6.30. The lowest BCUT2D eigenvalue weighted by molar-refractivity contribution is -0.139. The number of carbonyl (C=O) groups excluding carboxylic acids is 2. The summed E-state index contributed by atoms with van der Waals surface area (Å²) in [6, 6.07) is 13.3. The predicted molar refractivity (Wildman–Crippen MR) is 123 cm³/mol. The Balaban J connectivity index is 1.28. The maximum atomic E-state index is 13.6. The molecule has 0 spiro atoms. The van der Waals surface area contributed by atoms with Crippen molar-refractivity contribution in [3.05, 3.63) is 70.5 Å². The second-order valence-electron chi connectivity index (χ2n) is 8.69. The maximum absolute atomic E-state index is 13.6. The Labute approximate surface area is 193 Å². The van der Waals surface area contributed by atoms with Crippen molar-refractivity contribution in [2.75, 3.05) is 39.3 Å². The van der Waals surface area contributed by atoms with Crippen molar-refractivity contribution >= 4 is 23.4 Å². The van der Waals surface area contributed by atoms with Crippen molar-refractivity contribution in [3.8, 4) is 0 Å². The molecule has 0 bridgehead atoms. The van der Waals surface area contributed by atoms with Gasteiger partial charge in [-0.05, 0) is 54.8 Å². The number of hydrogen-bond acceptors (Lipinski definition) is 3. The molecule has 170 valence electrons. The minimum absolute atomic E-state index is 0.204. The SMILES string of the molecule is O=C(NCCN1CCN(C(=O)C2(c3ccc(Cl)cc3)CCCC2)CC1)c1ccc(F)cc1. The lowest BCUT2D eigenvalue weighted by Gasteiger charge is -2.40. The van der Waals surface area contributed by atoms with Gasteiger partial charge in [-0.15, -0.1) is 0 Å². The van der Waals surface area contributed by atoms with Crippen LogP contribution in [0.2, 0.25) is 5.02 Å². The number of carbonyl (C=O) groups is 2. The second kappa shape index (κ2) is 10.0. The fourth-order valence-electron chi connectivity index (χ4n) is 4.88. The van der Waals surface area contributed by atoms with E-state index in [2.05, 4.69) is 10.2 Å². The van der Waals surface area contributed by atoms with Crippen molar-refractivity contribution in [2.45, 2.75) is 31.1 Å². The van der Waals surface area contributed by atoms with Crippen LogP contribution in [0.25, 0.3) is 0 Å². The summed E-state index contributed by atoms with van der Waals surface area (Å²) in [6.45, 7) is 4.19. The summed E-state index contributed by atoms with van der Waals surface area (Å²) < 4.78 is 13.0. The molecule has 1 N–H and O–H groups in total. The molecule has 1 saturated carbocycles. The average molecular weight is 458 g/mol. The third-order valence-corrected chi connectivity index (χ3v) is 6.99. The molecular formula is C25H29ClFN3O2. The zero-order chi connectivity index (χ0) is 22.6. The van der Waals surface area contributed by atoms with E-state index in [0.717, 1.165) is 50.9 Å². The summed E-state index contributed by atoms with van der Waals surface area (Å²) in [5.41, 5.74) is 1.11. The molecule has 32 heavy (non-hydrogen) atoms. The summed E-state index contributed by atoms with van der Waals surface area (Å²) in [7, 11) is 0. The number of piperazine rings is 1. The third-order valence-electron chi connectivity index (χ3n) is 6.74. The normalized spacial score (nSPS) is 18.5. The zero-order valence-corrected chi connectivity index (χ0v) is 18.9. The van der Waals surface area contributed by atoms with Crippen LogP contribution in [0.1, 0.15) is 41.6 Å². The molecule has 1 saturated heterocycles. The molecule has 2 amide bonds. The van der Waals surface area contributed by atoms with Crippen LogP contribution >= 0.6 is 11.6 Å². The third kappa shape index (κ3) is 4.97. The number of amides is 2. The topological polar surface area (TPSA) is 52.7 Å². The molecular weight excluding hydrogens is 429 g/mol. The maximum Gasteiger partial charge on any atom is 0.251 e. The largest absolute Gasteiger partial charge is 0.351 e. The molecule has 4 rings (SSSR count). The number of halogens is 2. The quantitative estimate of drug-likeness (QED) is 0.716. The van der Waals surface area contributed by atoms with Crippen LogP contribution in [-0.4, -0.2) is 60.9 Å². The molecule has 0 unspecified atom stereocenters. The summed E-state index contributed by atoms with van der Waals surface area (Å²) in [4.78, 5) is 30.0. The van der Waals surface area contributed by atoms with E-state index in [1.807, 2.05) is 29.2 Å². The van der Waals surface area contributed by atoms with E-state index in [-0.39, 0.29) is 17.6 Å². The van der Waals surface area contributed by atoms with E-state index in [4.69, 9.17) is 11.6 Å². The van der Waals surface area contributed by atoms with Crippen molar-refractivity contribution in [1.82, 2.24) is 15.1 Å². The minimum atomic E-state index is -0.421. The zero-order valence-electron chi connectivity index (χ0n) is 18.2. The molecule has 0 radical (unpaired) electrons. The van der Waals surface area contributed by atoms with Gasteiger partial charge in [0.15, 0.2) is 0 Å². The molecule has 1 aliphatic heterocycles. The van der Waals surface area contributed by atoms with E-state index >= 15 is 0 Å². The highest BCUT2D eigenvalue weighted by Gasteiger charge is 2.45. The number of benzene rings is 2. The standard InChI is InChI=1S/C25H29ClFN3O2/c26-21-7-5-20(6-8-21)25(11-1-2-12-25)24(32)30-17-15-29(16-18-30)14-13-28-23(31)19-3-9-22(27)10-4-19/h3-10H,1-2,11-18H2,(H,28,31). The molecule has 2 aromatic rings. The monoisotopic (exact) mass is 457 g/mol. The van der Waals surface area contributed by atoms with Gasteiger partial charge in [0, 0.05) is 49.9 Å². The van der Waals surface area contributed by atoms with Crippen molar-refractivity contribution in [2.24, 2.45) is 0 Å². The van der Waals surface area contributed by atoms with Crippen molar-refractivity contribution in [3.63, 3.8) is 0 Å². The molecule has 0 aromatic heterocycles. The van der Waals surface area contributed by atoms with Crippen LogP contribution in [0.3, 0.4) is 0 Å². The Kier molecular flexibility index (Phi) is 7.11. The van der Waals surface area contributed by atoms with Gasteiger partial charge in [-0.2, -0.15) is 0 Å². The van der Waals surface area contributed by atoms with Crippen LogP contribution < -0.4 is 5.32 Å². The molecule has 7 heteroatoms. The van der Waals surface area contributed by atoms with Gasteiger partial charge in [0.05, 0.1) is 5.41 Å². The van der Waals surface area contributed by atoms with E-state index in [9.17, 15) is 14.0 Å². The molecule has 0 atom stereocenters. The second-order valence-corrected chi connectivity index (χ2v) is 9.13. The Morgan fingerprint density at radius 1 is 0.938 bits per heavy atom. The van der Waals surface area contributed by atoms with Crippen LogP contribution in [-0.2, 0) is 10.2 Å². The first kappa shape index (κ1) is 22.7. The van der Waals surface area contributed by atoms with E-state index in [1.54, 1.807) is 0 Å². The fraction of sp³-hybridized carbons (Fsp3) is 0.440. The Morgan fingerprint density at radius 3 is 2.19 bits per heavy atom. The molecule has 5 nitrogen and oxygen atoms in total. The summed E-state index contributed by atoms with van der Waals surface area (Å²) >= 11 is 6.07. The van der Waals surface area contributed by atoms with Crippen LogP contribution in [0.15, 0.2) is 48.5 Å². The number of nitrogens with one attached hydrogen (secondary N) is 1. The van der Waals surface area contributed by atoms with Gasteiger partial charge in [0.1, 0.15) is 5.82 Å². The summed E-state index contributed by atoms with van der Waals surface area (Å²) in [6.07, 6.45) is 3.93. The van der Waals surface area contributed by atoms with Gasteiger partial charge in [0.25, 0.3) is 5.91 Å². The van der Waals surface area contributed by atoms with Crippen LogP contribution in [0.5, 0.6) is 0 Å². The fourth-order valence-corrected chi connectivity index (χ4v) is 5.01. The van der Waals surface area contributed by atoms with Gasteiger partial charge >= 0.3 is 0 Å². The van der Waals surface area contributed by atoms with Gasteiger partial charge in [-0.25, -0.2) is 4.39 Å². The number of nitrogens with zero attached hydrogens (tertiary/aromatic N) is 2. The summed E-state index contributed by atoms with van der Waals surface area (Å²) in [5, 5.41) is 3.57. The first-order valence-corrected chi connectivity index (χ1v) is 11.7. The molecule has 2 aliphatic rings. The predicted octanol–water partition coefficient (Wildman–Crippen LogP) is 3.87. The highest BCUT2D eigenvalue weighted by Crippen LogP contribution is 2.43. The van der Waals surface area contributed by atoms with Crippen molar-refractivity contribution in [1.29, 1.82) is 0 Å². The van der Waals surface area contributed by atoms with Gasteiger partial charge in [-0.3, -0.25) is 14.5 Å². The van der Waals surface area contributed by atoms with Crippen LogP contribution in [0.4, 0.5) is 4.39 Å². The first-order valence-electron chi connectivity index (χ1n) is 11.3. The molecule has 2 aromatic carbocycles. The first-order chi connectivity index (χ1) is 15.5. The molecule has 2 fully saturated rings. The minimum Gasteiger partial charge on any atom is -0.351 e. The molecule has 1 aliphatic carbocycles. The van der Waals surface area contributed by atoms with Gasteiger partial charge < -0.3 is 10.2 Å². The summed E-state index contributed by atoms with van der Waals surface area (Å²) in [5.74, 6) is -0.323. The van der Waals surface area contributed by atoms with E-state index in [1.165, 1.54) is 24.3 Å². The average Bonchev–Trinajstić information content (AvgIpc) is 3.31. The lowest BCUT2D eigenvalue weighted by Crippen LogP contribution is -2.54. The Hall–Kier alpha value is -2.44. The smallest absolute Gasteiger partial charge is 0.251 e. The van der Waals surface area contributed by atoms with Crippen LogP contribution in [0, 0.1) is 5.82 Å².